The summed E-state index contributed by atoms with van der Waals surface area (Å²) in [5, 5.41) is 7.71. The van der Waals surface area contributed by atoms with Gasteiger partial charge < -0.3 is 20.3 Å². The highest BCUT2D eigenvalue weighted by molar-refractivity contribution is 6.31. The van der Waals surface area contributed by atoms with Gasteiger partial charge in [-0.15, -0.1) is 0 Å². The normalized spacial score (nSPS) is 20.0. The molecule has 2 aliphatic heterocycles. The molecule has 3 aromatic rings. The number of nitrogens with zero attached hydrogens (tertiary/aromatic N) is 2. The van der Waals surface area contributed by atoms with Gasteiger partial charge >= 0.3 is 0 Å². The van der Waals surface area contributed by atoms with E-state index in [-0.39, 0.29) is 23.8 Å². The molecule has 1 amide bonds. The van der Waals surface area contributed by atoms with Crippen molar-refractivity contribution < 1.29 is 13.9 Å². The largest absolute Gasteiger partial charge is 0.496 e. The lowest BCUT2D eigenvalue weighted by Crippen LogP contribution is -2.60. The van der Waals surface area contributed by atoms with Crippen molar-refractivity contribution in [2.45, 2.75) is 63.9 Å². The number of piperazine rings is 1. The van der Waals surface area contributed by atoms with Gasteiger partial charge in [0, 0.05) is 55.4 Å². The summed E-state index contributed by atoms with van der Waals surface area (Å²) in [5.41, 5.74) is 7.44. The van der Waals surface area contributed by atoms with Crippen LogP contribution in [-0.4, -0.2) is 61.1 Å². The summed E-state index contributed by atoms with van der Waals surface area (Å²) in [7, 11) is 3.72. The summed E-state index contributed by atoms with van der Waals surface area (Å²) in [6.45, 7) is 5.63. The number of carbonyl (C=O) groups is 1. The zero-order valence-electron chi connectivity index (χ0n) is 25.1. The van der Waals surface area contributed by atoms with Crippen molar-refractivity contribution in [3.8, 4) is 5.75 Å². The average Bonchev–Trinajstić information content (AvgIpc) is 3.84. The first-order valence-corrected chi connectivity index (χ1v) is 15.5. The molecule has 226 valence electrons. The van der Waals surface area contributed by atoms with E-state index >= 15 is 0 Å². The summed E-state index contributed by atoms with van der Waals surface area (Å²) >= 11 is 6.26. The first kappa shape index (κ1) is 29.8. The quantitative estimate of drug-likeness (QED) is 0.312. The number of benzene rings is 3. The number of rotatable bonds is 10. The molecule has 2 fully saturated rings. The predicted molar refractivity (Wildman–Crippen MR) is 169 cm³/mol. The maximum absolute atomic E-state index is 14.5. The summed E-state index contributed by atoms with van der Waals surface area (Å²) in [5.74, 6) is 0.665. The topological polar surface area (TPSA) is 56.8 Å². The van der Waals surface area contributed by atoms with Crippen LogP contribution in [0, 0.1) is 12.7 Å². The number of hydrogen-bond donors (Lipinski definition) is 2. The number of amides is 1. The van der Waals surface area contributed by atoms with Crippen molar-refractivity contribution in [1.82, 2.24) is 20.4 Å². The van der Waals surface area contributed by atoms with E-state index in [9.17, 15) is 9.18 Å². The number of carbonyl (C=O) groups excluding carboxylic acids is 1. The molecule has 3 aromatic carbocycles. The minimum atomic E-state index is -0.326. The van der Waals surface area contributed by atoms with Gasteiger partial charge in [-0.2, -0.15) is 0 Å². The molecule has 8 heteroatoms. The summed E-state index contributed by atoms with van der Waals surface area (Å²) in [6, 6.07) is 19.8. The van der Waals surface area contributed by atoms with Gasteiger partial charge in [-0.25, -0.2) is 4.39 Å². The van der Waals surface area contributed by atoms with E-state index < -0.39 is 0 Å². The Bertz CT molecular complexity index is 1520. The van der Waals surface area contributed by atoms with Gasteiger partial charge in [0.05, 0.1) is 13.2 Å². The van der Waals surface area contributed by atoms with Crippen molar-refractivity contribution in [2.75, 3.05) is 27.2 Å². The predicted octanol–water partition coefficient (Wildman–Crippen LogP) is 5.71. The van der Waals surface area contributed by atoms with Crippen LogP contribution in [0.5, 0.6) is 5.75 Å². The molecule has 1 saturated heterocycles. The summed E-state index contributed by atoms with van der Waals surface area (Å²) in [6.07, 6.45) is 2.90. The highest BCUT2D eigenvalue weighted by atomic mass is 35.5. The van der Waals surface area contributed by atoms with Crippen LogP contribution in [0.1, 0.15) is 47.1 Å². The molecule has 1 aliphatic carbocycles. The lowest BCUT2D eigenvalue weighted by Gasteiger charge is -2.41. The Balaban J connectivity index is 1.25. The lowest BCUT2D eigenvalue weighted by molar-refractivity contribution is -0.128. The Morgan fingerprint density at radius 3 is 2.53 bits per heavy atom. The second-order valence-electron chi connectivity index (χ2n) is 12.2. The third-order valence-electron chi connectivity index (χ3n) is 8.95. The van der Waals surface area contributed by atoms with Crippen LogP contribution < -0.4 is 15.4 Å². The number of fused-ring (bicyclic) bond motifs is 2. The minimum Gasteiger partial charge on any atom is -0.496 e. The number of hydrogen-bond acceptors (Lipinski definition) is 5. The number of halogens is 2. The van der Waals surface area contributed by atoms with Crippen molar-refractivity contribution in [1.29, 1.82) is 0 Å². The maximum Gasteiger partial charge on any atom is 0.252 e. The second-order valence-corrected chi connectivity index (χ2v) is 12.6. The number of methoxy groups -OCH3 is 1. The van der Waals surface area contributed by atoms with Gasteiger partial charge in [-0.1, -0.05) is 54.1 Å². The van der Waals surface area contributed by atoms with Crippen molar-refractivity contribution in [3.63, 3.8) is 0 Å². The molecule has 0 spiro atoms. The molecule has 43 heavy (non-hydrogen) atoms. The van der Waals surface area contributed by atoms with E-state index in [0.717, 1.165) is 78.0 Å². The molecule has 2 N–H and O–H groups in total. The molecule has 2 bridgehead atoms. The molecule has 1 saturated carbocycles. The SMILES string of the molecule is COc1cccc(CN(C(=O)C2=C(c3ccc(CN(C)Cc4ccc(F)cc4Cl)cc3)C[C@H]3CNC[C@H]2N3)C2CC2)c1C. The third kappa shape index (κ3) is 6.65. The Hall–Kier alpha value is -3.23. The van der Waals surface area contributed by atoms with Gasteiger partial charge in [-0.05, 0) is 84.8 Å². The molecule has 6 rings (SSSR count). The van der Waals surface area contributed by atoms with Crippen molar-refractivity contribution in [3.05, 3.63) is 105 Å². The Morgan fingerprint density at radius 1 is 1.02 bits per heavy atom. The average molecular weight is 603 g/mol. The van der Waals surface area contributed by atoms with Crippen LogP contribution in [0.3, 0.4) is 0 Å². The first-order chi connectivity index (χ1) is 20.8. The van der Waals surface area contributed by atoms with E-state index in [4.69, 9.17) is 16.3 Å². The zero-order chi connectivity index (χ0) is 30.1. The molecule has 3 aliphatic rings. The highest BCUT2D eigenvalue weighted by Crippen LogP contribution is 2.37. The van der Waals surface area contributed by atoms with E-state index in [1.54, 1.807) is 13.2 Å². The fourth-order valence-electron chi connectivity index (χ4n) is 6.50. The molecular weight excluding hydrogens is 563 g/mol. The van der Waals surface area contributed by atoms with Crippen molar-refractivity contribution in [2.24, 2.45) is 0 Å². The highest BCUT2D eigenvalue weighted by Gasteiger charge is 2.41. The Morgan fingerprint density at radius 2 is 1.81 bits per heavy atom. The van der Waals surface area contributed by atoms with Crippen LogP contribution in [0.25, 0.3) is 5.57 Å². The van der Waals surface area contributed by atoms with Crippen LogP contribution in [0.2, 0.25) is 5.02 Å². The van der Waals surface area contributed by atoms with E-state index in [0.29, 0.717) is 24.2 Å². The molecule has 0 unspecified atom stereocenters. The fourth-order valence-corrected chi connectivity index (χ4v) is 6.73. The third-order valence-corrected chi connectivity index (χ3v) is 9.30. The maximum atomic E-state index is 14.5. The molecule has 2 heterocycles. The number of ether oxygens (including phenoxy) is 1. The van der Waals surface area contributed by atoms with E-state index in [2.05, 4.69) is 57.7 Å². The summed E-state index contributed by atoms with van der Waals surface area (Å²) in [4.78, 5) is 18.8. The molecule has 6 nitrogen and oxygen atoms in total. The minimum absolute atomic E-state index is 0.0195. The Kier molecular flexibility index (Phi) is 8.87. The fraction of sp³-hybridized carbons (Fsp3) is 0.400. The van der Waals surface area contributed by atoms with Gasteiger partial charge in [0.25, 0.3) is 5.91 Å². The standard InChI is InChI=1S/C35H40ClFN4O2/c1-22-25(5-4-6-33(22)43-3)21-41(29-13-14-29)35(42)34-30(16-28-17-38-18-32(34)39-28)24-9-7-23(8-10-24)19-40(2)20-26-11-12-27(37)15-31(26)36/h4-12,15,28-29,32,38-39H,13-14,16-21H2,1-3H3/t28-,32+/m0/s1. The van der Waals surface area contributed by atoms with Gasteiger partial charge in [-0.3, -0.25) is 9.69 Å². The van der Waals surface area contributed by atoms with Gasteiger partial charge in [0.15, 0.2) is 0 Å². The monoisotopic (exact) mass is 602 g/mol. The van der Waals surface area contributed by atoms with Crippen LogP contribution in [0.4, 0.5) is 4.39 Å². The Labute approximate surface area is 258 Å². The van der Waals surface area contributed by atoms with Gasteiger partial charge in [0.1, 0.15) is 11.6 Å². The number of nitrogens with one attached hydrogen (secondary N) is 2. The van der Waals surface area contributed by atoms with E-state index in [1.165, 1.54) is 17.7 Å². The zero-order valence-corrected chi connectivity index (χ0v) is 25.9. The smallest absolute Gasteiger partial charge is 0.252 e. The van der Waals surface area contributed by atoms with Gasteiger partial charge in [0.2, 0.25) is 0 Å². The lowest BCUT2D eigenvalue weighted by atomic mass is 9.83. The van der Waals surface area contributed by atoms with E-state index in [1.807, 2.05) is 19.2 Å². The molecule has 0 aromatic heterocycles. The molecule has 2 atom stereocenters. The van der Waals surface area contributed by atoms with Crippen LogP contribution in [0.15, 0.2) is 66.2 Å². The van der Waals surface area contributed by atoms with Crippen LogP contribution >= 0.6 is 11.6 Å². The first-order valence-electron chi connectivity index (χ1n) is 15.2. The summed E-state index contributed by atoms with van der Waals surface area (Å²) < 4.78 is 19.0. The van der Waals surface area contributed by atoms with Crippen LogP contribution in [-0.2, 0) is 24.4 Å². The van der Waals surface area contributed by atoms with Crippen molar-refractivity contribution >= 4 is 23.1 Å². The molecular formula is C35H40ClFN4O2. The molecule has 0 radical (unpaired) electrons. The second kappa shape index (κ2) is 12.8.